The molecule has 21 heavy (non-hydrogen) atoms. The highest BCUT2D eigenvalue weighted by Gasteiger charge is 2.11. The lowest BCUT2D eigenvalue weighted by atomic mass is 10.1. The van der Waals surface area contributed by atoms with Crippen LogP contribution in [0.5, 0.6) is 5.75 Å². The maximum absolute atomic E-state index is 11.9. The number of ketones is 1. The highest BCUT2D eigenvalue weighted by atomic mass is 35.5. The Kier molecular flexibility index (Phi) is 4.77. The SMILES string of the molecule is O=C(COc1cccc([N+](=O)[O-])c1)c1ccc(Cl)c(Cl)c1. The van der Waals surface area contributed by atoms with Gasteiger partial charge in [-0.05, 0) is 24.3 Å². The summed E-state index contributed by atoms with van der Waals surface area (Å²) in [6.07, 6.45) is 0. The highest BCUT2D eigenvalue weighted by molar-refractivity contribution is 6.42. The van der Waals surface area contributed by atoms with Gasteiger partial charge in [-0.25, -0.2) is 0 Å². The molecule has 0 aliphatic heterocycles. The molecule has 0 saturated carbocycles. The van der Waals surface area contributed by atoms with E-state index in [0.29, 0.717) is 10.6 Å². The molecule has 0 saturated heterocycles. The molecule has 0 N–H and O–H groups in total. The van der Waals surface area contributed by atoms with Gasteiger partial charge < -0.3 is 4.74 Å². The molecule has 5 nitrogen and oxygen atoms in total. The summed E-state index contributed by atoms with van der Waals surface area (Å²) in [6, 6.07) is 10.1. The van der Waals surface area contributed by atoms with Crippen LogP contribution in [-0.4, -0.2) is 17.3 Å². The van der Waals surface area contributed by atoms with Crippen LogP contribution in [0.4, 0.5) is 5.69 Å². The number of hydrogen-bond donors (Lipinski definition) is 0. The summed E-state index contributed by atoms with van der Waals surface area (Å²) in [7, 11) is 0. The number of hydrogen-bond acceptors (Lipinski definition) is 4. The van der Waals surface area contributed by atoms with Crippen LogP contribution in [0.25, 0.3) is 0 Å². The molecule has 0 fully saturated rings. The number of nitro groups is 1. The fourth-order valence-electron chi connectivity index (χ4n) is 1.59. The number of nitrogens with zero attached hydrogens (tertiary/aromatic N) is 1. The third-order valence-corrected chi connectivity index (χ3v) is 3.38. The van der Waals surface area contributed by atoms with Gasteiger partial charge in [-0.2, -0.15) is 0 Å². The Labute approximate surface area is 130 Å². The first-order valence-corrected chi connectivity index (χ1v) is 6.58. The average Bonchev–Trinajstić information content (AvgIpc) is 2.48. The van der Waals surface area contributed by atoms with E-state index in [1.54, 1.807) is 0 Å². The van der Waals surface area contributed by atoms with Crippen LogP contribution in [0.3, 0.4) is 0 Å². The van der Waals surface area contributed by atoms with Crippen LogP contribution >= 0.6 is 23.2 Å². The normalized spacial score (nSPS) is 10.2. The Balaban J connectivity index is 2.05. The van der Waals surface area contributed by atoms with Gasteiger partial charge in [0.1, 0.15) is 5.75 Å². The molecule has 108 valence electrons. The van der Waals surface area contributed by atoms with Crippen LogP contribution in [0.2, 0.25) is 10.0 Å². The van der Waals surface area contributed by atoms with E-state index in [0.717, 1.165) is 0 Å². The molecule has 2 aromatic rings. The Hall–Kier alpha value is -2.11. The fraction of sp³-hybridized carbons (Fsp3) is 0.0714. The molecule has 0 heterocycles. The number of halogens is 2. The van der Waals surface area contributed by atoms with Crippen molar-refractivity contribution in [3.8, 4) is 5.75 Å². The first kappa shape index (κ1) is 15.3. The highest BCUT2D eigenvalue weighted by Crippen LogP contribution is 2.23. The summed E-state index contributed by atoms with van der Waals surface area (Å²) in [5.41, 5.74) is 0.254. The minimum absolute atomic E-state index is 0.102. The number of nitro benzene ring substituents is 1. The lowest BCUT2D eigenvalue weighted by molar-refractivity contribution is -0.384. The van der Waals surface area contributed by atoms with Crippen LogP contribution < -0.4 is 4.74 Å². The second-order valence-corrected chi connectivity index (χ2v) is 4.91. The zero-order chi connectivity index (χ0) is 15.4. The summed E-state index contributed by atoms with van der Waals surface area (Å²) < 4.78 is 5.25. The van der Waals surface area contributed by atoms with Crippen LogP contribution in [-0.2, 0) is 0 Å². The summed E-state index contributed by atoms with van der Waals surface area (Å²) in [4.78, 5) is 22.0. The van der Waals surface area contributed by atoms with Crippen molar-refractivity contribution in [2.75, 3.05) is 6.61 Å². The molecule has 0 aliphatic rings. The van der Waals surface area contributed by atoms with Gasteiger partial charge in [0.15, 0.2) is 12.4 Å². The maximum Gasteiger partial charge on any atom is 0.273 e. The fourth-order valence-corrected chi connectivity index (χ4v) is 1.89. The first-order valence-electron chi connectivity index (χ1n) is 5.83. The quantitative estimate of drug-likeness (QED) is 0.470. The number of benzene rings is 2. The Morgan fingerprint density at radius 2 is 1.90 bits per heavy atom. The van der Waals surface area contributed by atoms with Crippen molar-refractivity contribution in [3.63, 3.8) is 0 Å². The topological polar surface area (TPSA) is 69.4 Å². The first-order chi connectivity index (χ1) is 9.97. The monoisotopic (exact) mass is 325 g/mol. The van der Waals surface area contributed by atoms with Gasteiger partial charge in [-0.1, -0.05) is 29.3 Å². The number of Topliss-reactive ketones (excluding diaryl/α,β-unsaturated/α-hetero) is 1. The average molecular weight is 326 g/mol. The van der Waals surface area contributed by atoms with Gasteiger partial charge in [0.2, 0.25) is 0 Å². The van der Waals surface area contributed by atoms with E-state index in [-0.39, 0.29) is 28.8 Å². The predicted octanol–water partition coefficient (Wildman–Crippen LogP) is 4.16. The van der Waals surface area contributed by atoms with E-state index in [9.17, 15) is 14.9 Å². The third-order valence-electron chi connectivity index (χ3n) is 2.64. The summed E-state index contributed by atoms with van der Waals surface area (Å²) in [5.74, 6) is -0.0577. The smallest absolute Gasteiger partial charge is 0.273 e. The second kappa shape index (κ2) is 6.56. The number of ether oxygens (including phenoxy) is 1. The second-order valence-electron chi connectivity index (χ2n) is 4.10. The van der Waals surface area contributed by atoms with Crippen molar-refractivity contribution in [2.24, 2.45) is 0 Å². The summed E-state index contributed by atoms with van der Waals surface area (Å²) in [6.45, 7) is -0.251. The molecule has 7 heteroatoms. The minimum Gasteiger partial charge on any atom is -0.485 e. The molecule has 0 atom stereocenters. The van der Waals surface area contributed by atoms with Gasteiger partial charge in [0.25, 0.3) is 5.69 Å². The molecular weight excluding hydrogens is 317 g/mol. The molecule has 0 aromatic heterocycles. The van der Waals surface area contributed by atoms with E-state index in [1.807, 2.05) is 0 Å². The van der Waals surface area contributed by atoms with Crippen LogP contribution in [0.1, 0.15) is 10.4 Å². The zero-order valence-corrected chi connectivity index (χ0v) is 12.1. The summed E-state index contributed by atoms with van der Waals surface area (Å²) in [5, 5.41) is 11.3. The largest absolute Gasteiger partial charge is 0.485 e. The lowest BCUT2D eigenvalue weighted by Gasteiger charge is -2.06. The zero-order valence-electron chi connectivity index (χ0n) is 10.6. The molecule has 0 unspecified atom stereocenters. The van der Waals surface area contributed by atoms with Gasteiger partial charge in [-0.15, -0.1) is 0 Å². The summed E-state index contributed by atoms with van der Waals surface area (Å²) >= 11 is 11.6. The van der Waals surface area contributed by atoms with E-state index >= 15 is 0 Å². The van der Waals surface area contributed by atoms with E-state index in [2.05, 4.69) is 0 Å². The Bertz CT molecular complexity index is 703. The molecule has 0 bridgehead atoms. The molecule has 0 radical (unpaired) electrons. The predicted molar refractivity (Wildman–Crippen MR) is 79.4 cm³/mol. The number of carbonyl (C=O) groups is 1. The Morgan fingerprint density at radius 3 is 2.57 bits per heavy atom. The van der Waals surface area contributed by atoms with Crippen molar-refractivity contribution in [3.05, 3.63) is 68.2 Å². The van der Waals surface area contributed by atoms with E-state index < -0.39 is 4.92 Å². The van der Waals surface area contributed by atoms with Gasteiger partial charge in [0, 0.05) is 11.6 Å². The number of carbonyl (C=O) groups excluding carboxylic acids is 1. The van der Waals surface area contributed by atoms with Crippen LogP contribution in [0.15, 0.2) is 42.5 Å². The molecule has 0 amide bonds. The third kappa shape index (κ3) is 3.93. The van der Waals surface area contributed by atoms with Gasteiger partial charge >= 0.3 is 0 Å². The number of rotatable bonds is 5. The minimum atomic E-state index is -0.534. The molecule has 2 aromatic carbocycles. The number of non-ortho nitro benzene ring substituents is 1. The van der Waals surface area contributed by atoms with E-state index in [1.165, 1.54) is 42.5 Å². The maximum atomic E-state index is 11.9. The molecule has 0 spiro atoms. The molecular formula is C14H9Cl2NO4. The van der Waals surface area contributed by atoms with Gasteiger partial charge in [0.05, 0.1) is 21.0 Å². The Morgan fingerprint density at radius 1 is 1.14 bits per heavy atom. The van der Waals surface area contributed by atoms with Gasteiger partial charge in [-0.3, -0.25) is 14.9 Å². The van der Waals surface area contributed by atoms with Crippen molar-refractivity contribution < 1.29 is 14.5 Å². The van der Waals surface area contributed by atoms with Crippen LogP contribution in [0, 0.1) is 10.1 Å². The van der Waals surface area contributed by atoms with E-state index in [4.69, 9.17) is 27.9 Å². The molecule has 0 aliphatic carbocycles. The van der Waals surface area contributed by atoms with Crippen molar-refractivity contribution >= 4 is 34.7 Å². The lowest BCUT2D eigenvalue weighted by Crippen LogP contribution is -2.11. The van der Waals surface area contributed by atoms with Crippen molar-refractivity contribution in [1.29, 1.82) is 0 Å². The molecule has 2 rings (SSSR count). The van der Waals surface area contributed by atoms with Crippen molar-refractivity contribution in [1.82, 2.24) is 0 Å². The van der Waals surface area contributed by atoms with Crippen molar-refractivity contribution in [2.45, 2.75) is 0 Å². The standard InChI is InChI=1S/C14H9Cl2NO4/c15-12-5-4-9(6-13(12)16)14(18)8-21-11-3-1-2-10(7-11)17(19)20/h1-7H,8H2.